The van der Waals surface area contributed by atoms with E-state index in [2.05, 4.69) is 15.4 Å². The molecule has 1 aliphatic heterocycles. The zero-order valence-corrected chi connectivity index (χ0v) is 8.39. The van der Waals surface area contributed by atoms with E-state index in [0.717, 1.165) is 11.5 Å². The van der Waals surface area contributed by atoms with Crippen LogP contribution in [0.5, 0.6) is 0 Å². The predicted octanol–water partition coefficient (Wildman–Crippen LogP) is -0.284. The first-order valence-electron chi connectivity index (χ1n) is 4.90. The molecule has 82 valence electrons. The average Bonchev–Trinajstić information content (AvgIpc) is 2.68. The highest BCUT2D eigenvalue weighted by Crippen LogP contribution is 2.05. The van der Waals surface area contributed by atoms with E-state index in [1.54, 1.807) is 10.9 Å². The molecule has 2 N–H and O–H groups in total. The van der Waals surface area contributed by atoms with Crippen molar-refractivity contribution in [2.45, 2.75) is 6.54 Å². The van der Waals surface area contributed by atoms with Gasteiger partial charge in [0.1, 0.15) is 12.4 Å². The fourth-order valence-corrected chi connectivity index (χ4v) is 1.35. The molecular formula is C9H14N4O2. The van der Waals surface area contributed by atoms with E-state index in [1.807, 2.05) is 6.20 Å². The van der Waals surface area contributed by atoms with Gasteiger partial charge in [-0.05, 0) is 0 Å². The van der Waals surface area contributed by atoms with E-state index in [4.69, 9.17) is 9.84 Å². The van der Waals surface area contributed by atoms with Gasteiger partial charge in [0.2, 0.25) is 0 Å². The zero-order valence-electron chi connectivity index (χ0n) is 8.39. The molecule has 6 nitrogen and oxygen atoms in total. The molecule has 0 amide bonds. The molecule has 0 radical (unpaired) electrons. The van der Waals surface area contributed by atoms with Crippen molar-refractivity contribution in [3.05, 3.63) is 12.4 Å². The molecule has 1 aromatic heterocycles. The first-order chi connectivity index (χ1) is 7.38. The molecular weight excluding hydrogens is 196 g/mol. The number of amidine groups is 1. The van der Waals surface area contributed by atoms with Gasteiger partial charge in [0.25, 0.3) is 0 Å². The summed E-state index contributed by atoms with van der Waals surface area (Å²) in [6, 6.07) is 0. The van der Waals surface area contributed by atoms with Crippen molar-refractivity contribution < 1.29 is 9.84 Å². The van der Waals surface area contributed by atoms with Crippen LogP contribution in [0.3, 0.4) is 0 Å². The molecule has 0 atom stereocenters. The Hall–Kier alpha value is -1.40. The van der Waals surface area contributed by atoms with Crippen molar-refractivity contribution in [3.8, 4) is 0 Å². The number of aliphatic imine (C=N–C) groups is 1. The fraction of sp³-hybridized carbons (Fsp3) is 0.556. The Labute approximate surface area is 87.6 Å². The minimum absolute atomic E-state index is 0.0885. The molecule has 2 heterocycles. The largest absolute Gasteiger partial charge is 0.394 e. The zero-order chi connectivity index (χ0) is 10.5. The van der Waals surface area contributed by atoms with Crippen molar-refractivity contribution in [1.82, 2.24) is 9.78 Å². The van der Waals surface area contributed by atoms with E-state index < -0.39 is 0 Å². The lowest BCUT2D eigenvalue weighted by Crippen LogP contribution is -2.24. The molecule has 6 heteroatoms. The van der Waals surface area contributed by atoms with E-state index in [-0.39, 0.29) is 6.61 Å². The minimum Gasteiger partial charge on any atom is -0.394 e. The second-order valence-electron chi connectivity index (χ2n) is 3.22. The number of ether oxygens (including phenoxy) is 1. The molecule has 0 aromatic carbocycles. The van der Waals surface area contributed by atoms with Crippen LogP contribution in [-0.4, -0.2) is 47.1 Å². The van der Waals surface area contributed by atoms with Gasteiger partial charge >= 0.3 is 0 Å². The normalized spacial score (nSPS) is 16.2. The van der Waals surface area contributed by atoms with Gasteiger partial charge in [0.05, 0.1) is 38.2 Å². The topological polar surface area (TPSA) is 71.7 Å². The molecule has 1 aromatic rings. The third-order valence-corrected chi connectivity index (χ3v) is 2.03. The van der Waals surface area contributed by atoms with Crippen LogP contribution in [0.25, 0.3) is 0 Å². The Bertz CT molecular complexity index is 348. The van der Waals surface area contributed by atoms with Crippen LogP contribution >= 0.6 is 0 Å². The van der Waals surface area contributed by atoms with Crippen LogP contribution in [0.2, 0.25) is 0 Å². The minimum atomic E-state index is 0.0885. The number of aromatic nitrogens is 2. The maximum atomic E-state index is 8.73. The lowest BCUT2D eigenvalue weighted by molar-refractivity contribution is 0.171. The smallest absolute Gasteiger partial charge is 0.127 e. The summed E-state index contributed by atoms with van der Waals surface area (Å²) >= 11 is 0. The van der Waals surface area contributed by atoms with Crippen LogP contribution in [0.15, 0.2) is 17.4 Å². The van der Waals surface area contributed by atoms with Gasteiger partial charge < -0.3 is 15.2 Å². The van der Waals surface area contributed by atoms with Crippen LogP contribution in [0, 0.1) is 0 Å². The second kappa shape index (κ2) is 4.90. The Morgan fingerprint density at radius 2 is 2.53 bits per heavy atom. The van der Waals surface area contributed by atoms with E-state index in [1.165, 1.54) is 0 Å². The van der Waals surface area contributed by atoms with Gasteiger partial charge in [-0.2, -0.15) is 5.10 Å². The van der Waals surface area contributed by atoms with Crippen LogP contribution < -0.4 is 5.32 Å². The summed E-state index contributed by atoms with van der Waals surface area (Å²) in [7, 11) is 0. The molecule has 0 saturated heterocycles. The van der Waals surface area contributed by atoms with Gasteiger partial charge in [-0.1, -0.05) is 0 Å². The average molecular weight is 210 g/mol. The summed E-state index contributed by atoms with van der Waals surface area (Å²) < 4.78 is 6.92. The number of anilines is 1. The summed E-state index contributed by atoms with van der Waals surface area (Å²) in [4.78, 5) is 4.27. The number of nitrogens with one attached hydrogen (secondary N) is 1. The van der Waals surface area contributed by atoms with Gasteiger partial charge in [0, 0.05) is 6.20 Å². The highest BCUT2D eigenvalue weighted by molar-refractivity contribution is 5.96. The van der Waals surface area contributed by atoms with Gasteiger partial charge in [-0.15, -0.1) is 0 Å². The van der Waals surface area contributed by atoms with Crippen molar-refractivity contribution in [1.29, 1.82) is 0 Å². The van der Waals surface area contributed by atoms with Crippen molar-refractivity contribution in [3.63, 3.8) is 0 Å². The van der Waals surface area contributed by atoms with Crippen molar-refractivity contribution in [2.24, 2.45) is 4.99 Å². The number of rotatable bonds is 3. The number of nitrogens with zero attached hydrogens (tertiary/aromatic N) is 3. The lowest BCUT2D eigenvalue weighted by atomic mass is 10.4. The molecule has 0 saturated carbocycles. The molecule has 1 aliphatic rings. The summed E-state index contributed by atoms with van der Waals surface area (Å²) in [5.74, 6) is 0.824. The Morgan fingerprint density at radius 3 is 3.27 bits per heavy atom. The van der Waals surface area contributed by atoms with E-state index in [9.17, 15) is 0 Å². The first-order valence-corrected chi connectivity index (χ1v) is 4.90. The van der Waals surface area contributed by atoms with Crippen LogP contribution in [-0.2, 0) is 11.3 Å². The Balaban J connectivity index is 1.94. The maximum absolute atomic E-state index is 8.73. The fourth-order valence-electron chi connectivity index (χ4n) is 1.35. The third kappa shape index (κ3) is 2.77. The molecule has 0 bridgehead atoms. The predicted molar refractivity (Wildman–Crippen MR) is 56.1 cm³/mol. The molecule has 0 spiro atoms. The van der Waals surface area contributed by atoms with E-state index in [0.29, 0.717) is 26.3 Å². The van der Waals surface area contributed by atoms with Crippen molar-refractivity contribution >= 4 is 11.5 Å². The Morgan fingerprint density at radius 1 is 1.60 bits per heavy atom. The number of aliphatic hydroxyl groups is 1. The number of hydrogen-bond acceptors (Lipinski definition) is 5. The van der Waals surface area contributed by atoms with Crippen LogP contribution in [0.4, 0.5) is 5.69 Å². The first kappa shape index (κ1) is 10.1. The monoisotopic (exact) mass is 210 g/mol. The number of aliphatic hydroxyl groups excluding tert-OH is 1. The molecule has 0 aliphatic carbocycles. The summed E-state index contributed by atoms with van der Waals surface area (Å²) in [5.41, 5.74) is 0.868. The van der Waals surface area contributed by atoms with Gasteiger partial charge in [-0.25, -0.2) is 0 Å². The highest BCUT2D eigenvalue weighted by Gasteiger charge is 2.06. The molecule has 15 heavy (non-hydrogen) atoms. The summed E-state index contributed by atoms with van der Waals surface area (Å²) in [6.45, 7) is 2.50. The number of hydrogen-bond donors (Lipinski definition) is 2. The highest BCUT2D eigenvalue weighted by atomic mass is 16.5. The van der Waals surface area contributed by atoms with Gasteiger partial charge in [0.15, 0.2) is 0 Å². The molecule has 0 unspecified atom stereocenters. The van der Waals surface area contributed by atoms with E-state index >= 15 is 0 Å². The maximum Gasteiger partial charge on any atom is 0.127 e. The lowest BCUT2D eigenvalue weighted by Gasteiger charge is -2.13. The SMILES string of the molecule is OCCn1cc(NC2=NCCOC2)cn1. The summed E-state index contributed by atoms with van der Waals surface area (Å²) in [6.07, 6.45) is 3.53. The molecule has 0 fully saturated rings. The van der Waals surface area contributed by atoms with Crippen LogP contribution in [0.1, 0.15) is 0 Å². The second-order valence-corrected chi connectivity index (χ2v) is 3.22. The standard InChI is InChI=1S/C9H14N4O2/c14-3-2-13-6-8(5-11-13)12-9-7-15-4-1-10-9/h5-6,14H,1-4,7H2,(H,10,12). The quantitative estimate of drug-likeness (QED) is 0.719. The summed E-state index contributed by atoms with van der Waals surface area (Å²) in [5, 5.41) is 15.9. The van der Waals surface area contributed by atoms with Crippen molar-refractivity contribution in [2.75, 3.05) is 31.7 Å². The molecule has 2 rings (SSSR count). The third-order valence-electron chi connectivity index (χ3n) is 2.03. The Kier molecular flexibility index (Phi) is 3.31. The van der Waals surface area contributed by atoms with Gasteiger partial charge in [-0.3, -0.25) is 9.67 Å².